The van der Waals surface area contributed by atoms with Gasteiger partial charge in [0.2, 0.25) is 0 Å². The number of hydrogen-bond donors (Lipinski definition) is 2. The first-order valence-electron chi connectivity index (χ1n) is 12.3. The van der Waals surface area contributed by atoms with E-state index in [-0.39, 0.29) is 6.10 Å². The van der Waals surface area contributed by atoms with Gasteiger partial charge in [-0.15, -0.1) is 0 Å². The molecule has 4 aliphatic rings. The molecule has 9 atom stereocenters. The number of rotatable bonds is 5. The number of aliphatic hydroxyl groups excluding tert-OH is 1. The predicted molar refractivity (Wildman–Crippen MR) is 117 cm³/mol. The van der Waals surface area contributed by atoms with E-state index in [2.05, 4.69) is 45.1 Å². The highest BCUT2D eigenvalue weighted by Crippen LogP contribution is 2.67. The second-order valence-corrected chi connectivity index (χ2v) is 11.9. The molecule has 0 heterocycles. The van der Waals surface area contributed by atoms with E-state index < -0.39 is 0 Å². The molecule has 3 heteroatoms. The Kier molecular flexibility index (Phi) is 5.92. The summed E-state index contributed by atoms with van der Waals surface area (Å²) in [7, 11) is 4.34. The van der Waals surface area contributed by atoms with Gasteiger partial charge in [-0.25, -0.2) is 0 Å². The van der Waals surface area contributed by atoms with E-state index >= 15 is 0 Å². The van der Waals surface area contributed by atoms with E-state index in [0.29, 0.717) is 16.9 Å². The molecule has 3 nitrogen and oxygen atoms in total. The zero-order valence-corrected chi connectivity index (χ0v) is 19.2. The summed E-state index contributed by atoms with van der Waals surface area (Å²) in [6.07, 6.45) is 12.0. The van der Waals surface area contributed by atoms with Crippen molar-refractivity contribution in [3.63, 3.8) is 0 Å². The molecule has 0 radical (unpaired) electrons. The number of nitrogens with one attached hydrogen (secondary N) is 1. The van der Waals surface area contributed by atoms with Crippen molar-refractivity contribution in [2.75, 3.05) is 27.2 Å². The minimum Gasteiger partial charge on any atom is -0.393 e. The lowest BCUT2D eigenvalue weighted by Crippen LogP contribution is -2.55. The topological polar surface area (TPSA) is 35.5 Å². The van der Waals surface area contributed by atoms with Crippen molar-refractivity contribution < 1.29 is 5.11 Å². The van der Waals surface area contributed by atoms with E-state index in [9.17, 15) is 5.11 Å². The van der Waals surface area contributed by atoms with Crippen LogP contribution in [0.5, 0.6) is 0 Å². The van der Waals surface area contributed by atoms with Crippen LogP contribution < -0.4 is 5.32 Å². The predicted octanol–water partition coefficient (Wildman–Crippen LogP) is 4.55. The summed E-state index contributed by atoms with van der Waals surface area (Å²) in [5.41, 5.74) is 1.06. The minimum atomic E-state index is -0.0200. The smallest absolute Gasteiger partial charge is 0.0543 e. The van der Waals surface area contributed by atoms with E-state index in [1.807, 2.05) is 0 Å². The zero-order valence-electron chi connectivity index (χ0n) is 19.2. The van der Waals surface area contributed by atoms with Gasteiger partial charge in [0.1, 0.15) is 0 Å². The Morgan fingerprint density at radius 3 is 2.43 bits per heavy atom. The maximum absolute atomic E-state index is 10.2. The number of fused-ring (bicyclic) bond motifs is 5. The molecule has 0 saturated heterocycles. The molecular formula is C25H46N2O. The van der Waals surface area contributed by atoms with Crippen molar-refractivity contribution in [1.82, 2.24) is 10.2 Å². The Balaban J connectivity index is 1.46. The molecule has 4 aliphatic carbocycles. The van der Waals surface area contributed by atoms with Gasteiger partial charge in [-0.1, -0.05) is 13.8 Å². The van der Waals surface area contributed by atoms with Gasteiger partial charge in [0.15, 0.2) is 0 Å². The van der Waals surface area contributed by atoms with Crippen molar-refractivity contribution >= 4 is 0 Å². The van der Waals surface area contributed by atoms with Crippen molar-refractivity contribution in [2.45, 2.75) is 90.7 Å². The Hall–Kier alpha value is -0.120. The lowest BCUT2D eigenvalue weighted by Gasteiger charge is -2.61. The zero-order chi connectivity index (χ0) is 20.1. The SMILES string of the molecule is C[C@H](NCCN(C)C)[C@H]1CC[C@H]2[C@@H]3CCC4CC(O)CC[C@]4(C)[C@H]3CC[C@]12C. The van der Waals surface area contributed by atoms with Gasteiger partial charge in [0.25, 0.3) is 0 Å². The van der Waals surface area contributed by atoms with Gasteiger partial charge >= 0.3 is 0 Å². The Bertz CT molecular complexity index is 551. The highest BCUT2D eigenvalue weighted by molar-refractivity contribution is 5.10. The van der Waals surface area contributed by atoms with Crippen LogP contribution in [0.25, 0.3) is 0 Å². The average Bonchev–Trinajstić information content (AvgIpc) is 2.99. The van der Waals surface area contributed by atoms with Crippen LogP contribution in [-0.2, 0) is 0 Å². The van der Waals surface area contributed by atoms with Gasteiger partial charge in [0.05, 0.1) is 6.10 Å². The van der Waals surface area contributed by atoms with E-state index in [1.54, 1.807) is 0 Å². The Labute approximate surface area is 174 Å². The normalized spacial score (nSPS) is 49.4. The quantitative estimate of drug-likeness (QED) is 0.723. The molecule has 4 rings (SSSR count). The molecule has 0 aromatic heterocycles. The van der Waals surface area contributed by atoms with Gasteiger partial charge in [0, 0.05) is 19.1 Å². The molecule has 28 heavy (non-hydrogen) atoms. The Morgan fingerprint density at radius 2 is 1.68 bits per heavy atom. The summed E-state index contributed by atoms with van der Waals surface area (Å²) in [4.78, 5) is 2.28. The molecule has 0 aromatic rings. The van der Waals surface area contributed by atoms with Crippen LogP contribution in [-0.4, -0.2) is 49.3 Å². The number of hydrogen-bond acceptors (Lipinski definition) is 3. The lowest BCUT2D eigenvalue weighted by atomic mass is 9.44. The first-order valence-corrected chi connectivity index (χ1v) is 12.3. The largest absolute Gasteiger partial charge is 0.393 e. The minimum absolute atomic E-state index is 0.0200. The van der Waals surface area contributed by atoms with Crippen molar-refractivity contribution in [3.05, 3.63) is 0 Å². The number of aliphatic hydroxyl groups is 1. The van der Waals surface area contributed by atoms with Crippen LogP contribution in [0.1, 0.15) is 78.6 Å². The highest BCUT2D eigenvalue weighted by Gasteiger charge is 2.60. The second kappa shape index (κ2) is 7.85. The molecule has 162 valence electrons. The number of nitrogens with zero attached hydrogens (tertiary/aromatic N) is 1. The van der Waals surface area contributed by atoms with Gasteiger partial charge in [-0.3, -0.25) is 0 Å². The summed E-state index contributed by atoms with van der Waals surface area (Å²) in [5, 5.41) is 14.1. The van der Waals surface area contributed by atoms with E-state index in [4.69, 9.17) is 0 Å². The van der Waals surface area contributed by atoms with Crippen LogP contribution in [0.2, 0.25) is 0 Å². The van der Waals surface area contributed by atoms with Crippen LogP contribution >= 0.6 is 0 Å². The first kappa shape index (κ1) is 21.1. The molecule has 0 amide bonds. The van der Waals surface area contributed by atoms with Crippen molar-refractivity contribution in [2.24, 2.45) is 40.4 Å². The van der Waals surface area contributed by atoms with E-state index in [1.165, 1.54) is 44.9 Å². The fourth-order valence-electron chi connectivity index (χ4n) is 8.76. The standard InChI is InChI=1S/C25H46N2O/c1-17(26-14-15-27(4)5)21-8-9-22-20-7-6-18-16-19(28)10-12-24(18,2)23(20)11-13-25(21,22)3/h17-23,26,28H,6-16H2,1-5H3/t17-,18?,19?,20-,21+,22-,23-,24-,25+/m0/s1. The van der Waals surface area contributed by atoms with Crippen molar-refractivity contribution in [3.8, 4) is 0 Å². The fourth-order valence-corrected chi connectivity index (χ4v) is 8.76. The van der Waals surface area contributed by atoms with Gasteiger partial charge < -0.3 is 15.3 Å². The monoisotopic (exact) mass is 390 g/mol. The molecular weight excluding hydrogens is 344 g/mol. The first-order chi connectivity index (χ1) is 13.3. The summed E-state index contributed by atoms with van der Waals surface area (Å²) in [6, 6.07) is 0.642. The molecule has 0 spiro atoms. The van der Waals surface area contributed by atoms with Gasteiger partial charge in [-0.05, 0) is 119 Å². The summed E-state index contributed by atoms with van der Waals surface area (Å²) in [6.45, 7) is 9.98. The third-order valence-electron chi connectivity index (χ3n) is 10.3. The van der Waals surface area contributed by atoms with Crippen LogP contribution in [0.3, 0.4) is 0 Å². The molecule has 4 saturated carbocycles. The van der Waals surface area contributed by atoms with Crippen LogP contribution in [0.4, 0.5) is 0 Å². The second-order valence-electron chi connectivity index (χ2n) is 11.9. The number of likely N-dealkylation sites (N-methyl/N-ethyl adjacent to an activating group) is 1. The molecule has 2 unspecified atom stereocenters. The highest BCUT2D eigenvalue weighted by atomic mass is 16.3. The third-order valence-corrected chi connectivity index (χ3v) is 10.3. The molecule has 0 aromatic carbocycles. The van der Waals surface area contributed by atoms with Crippen molar-refractivity contribution in [1.29, 1.82) is 0 Å². The Morgan fingerprint density at radius 1 is 0.964 bits per heavy atom. The molecule has 2 N–H and O–H groups in total. The molecule has 4 fully saturated rings. The van der Waals surface area contributed by atoms with Crippen LogP contribution in [0, 0.1) is 40.4 Å². The van der Waals surface area contributed by atoms with E-state index in [0.717, 1.165) is 55.5 Å². The summed E-state index contributed by atoms with van der Waals surface area (Å²) < 4.78 is 0. The van der Waals surface area contributed by atoms with Gasteiger partial charge in [-0.2, -0.15) is 0 Å². The average molecular weight is 391 g/mol. The summed E-state index contributed by atoms with van der Waals surface area (Å²) >= 11 is 0. The fraction of sp³-hybridized carbons (Fsp3) is 1.00. The third kappa shape index (κ3) is 3.48. The summed E-state index contributed by atoms with van der Waals surface area (Å²) in [5.74, 6) is 4.45. The lowest BCUT2D eigenvalue weighted by molar-refractivity contribution is -0.127. The maximum atomic E-state index is 10.2. The molecule has 0 bridgehead atoms. The molecule has 0 aliphatic heterocycles. The maximum Gasteiger partial charge on any atom is 0.0543 e. The van der Waals surface area contributed by atoms with Crippen LogP contribution in [0.15, 0.2) is 0 Å².